The van der Waals surface area contributed by atoms with Gasteiger partial charge in [-0.3, -0.25) is 4.79 Å². The maximum absolute atomic E-state index is 12.2. The minimum atomic E-state index is -0.351. The Morgan fingerprint density at radius 2 is 1.96 bits per heavy atom. The van der Waals surface area contributed by atoms with Gasteiger partial charge in [-0.05, 0) is 63.1 Å². The van der Waals surface area contributed by atoms with E-state index >= 15 is 0 Å². The van der Waals surface area contributed by atoms with E-state index < -0.39 is 0 Å². The summed E-state index contributed by atoms with van der Waals surface area (Å²) in [5.41, 5.74) is 2.77. The van der Waals surface area contributed by atoms with Gasteiger partial charge < -0.3 is 9.15 Å². The fourth-order valence-corrected chi connectivity index (χ4v) is 3.45. The van der Waals surface area contributed by atoms with Crippen LogP contribution in [0, 0.1) is 13.8 Å². The number of aryl methyl sites for hydroxylation is 2. The van der Waals surface area contributed by atoms with Crippen LogP contribution in [0.5, 0.6) is 0 Å². The number of rotatable bonds is 4. The third-order valence-electron chi connectivity index (χ3n) is 4.87. The summed E-state index contributed by atoms with van der Waals surface area (Å²) < 4.78 is 11.0. The van der Waals surface area contributed by atoms with Crippen molar-refractivity contribution < 1.29 is 13.9 Å². The minimum Gasteiger partial charge on any atom is -0.462 e. The fraction of sp³-hybridized carbons (Fsp3) is 0.500. The monoisotopic (exact) mass is 328 g/mol. The van der Waals surface area contributed by atoms with E-state index in [1.54, 1.807) is 0 Å². The summed E-state index contributed by atoms with van der Waals surface area (Å²) in [6.07, 6.45) is 6.05. The molecule has 0 N–H and O–H groups in total. The van der Waals surface area contributed by atoms with Crippen LogP contribution in [-0.4, -0.2) is 12.1 Å². The summed E-state index contributed by atoms with van der Waals surface area (Å²) in [4.78, 5) is 24.3. The molecule has 1 fully saturated rings. The number of carbonyl (C=O) groups is 1. The number of ether oxygens (including phenoxy) is 1. The van der Waals surface area contributed by atoms with Crippen molar-refractivity contribution in [3.05, 3.63) is 45.3 Å². The Kier molecular flexibility index (Phi) is 5.03. The Morgan fingerprint density at radius 3 is 2.71 bits per heavy atom. The predicted octanol–water partition coefficient (Wildman–Crippen LogP) is 4.22. The lowest BCUT2D eigenvalue weighted by Crippen LogP contribution is -2.22. The molecule has 1 aliphatic rings. The van der Waals surface area contributed by atoms with Crippen LogP contribution >= 0.6 is 0 Å². The molecule has 4 nitrogen and oxygen atoms in total. The second-order valence-corrected chi connectivity index (χ2v) is 6.74. The Hall–Kier alpha value is -2.10. The molecule has 0 amide bonds. The summed E-state index contributed by atoms with van der Waals surface area (Å²) in [6, 6.07) is 5.83. The molecule has 1 aromatic heterocycles. The predicted molar refractivity (Wildman–Crippen MR) is 93.2 cm³/mol. The highest BCUT2D eigenvalue weighted by molar-refractivity contribution is 5.81. The van der Waals surface area contributed by atoms with Gasteiger partial charge in [-0.25, -0.2) is 4.79 Å². The standard InChI is InChI=1S/C20H24O4/c1-13-8-9-16-14(2)17(20(22)24-18(16)12-13)10-11-19(21)23-15-6-4-3-5-7-15/h8-9,12,15H,3-7,10-11H2,1-2H3. The molecule has 0 unspecified atom stereocenters. The number of benzene rings is 1. The van der Waals surface area contributed by atoms with Gasteiger partial charge in [-0.1, -0.05) is 18.6 Å². The molecule has 3 rings (SSSR count). The van der Waals surface area contributed by atoms with E-state index in [1.165, 1.54) is 6.42 Å². The van der Waals surface area contributed by atoms with Gasteiger partial charge in [0.25, 0.3) is 0 Å². The molecule has 0 radical (unpaired) electrons. The lowest BCUT2D eigenvalue weighted by molar-refractivity contribution is -0.150. The molecule has 2 aromatic rings. The van der Waals surface area contributed by atoms with Crippen molar-refractivity contribution in [2.75, 3.05) is 0 Å². The molecule has 128 valence electrons. The average molecular weight is 328 g/mol. The van der Waals surface area contributed by atoms with E-state index in [4.69, 9.17) is 9.15 Å². The second kappa shape index (κ2) is 7.20. The highest BCUT2D eigenvalue weighted by Crippen LogP contribution is 2.23. The first kappa shape index (κ1) is 16.7. The summed E-state index contributed by atoms with van der Waals surface area (Å²) in [7, 11) is 0. The largest absolute Gasteiger partial charge is 0.462 e. The van der Waals surface area contributed by atoms with E-state index in [9.17, 15) is 9.59 Å². The van der Waals surface area contributed by atoms with E-state index in [0.717, 1.165) is 42.2 Å². The zero-order valence-corrected chi connectivity index (χ0v) is 14.4. The van der Waals surface area contributed by atoms with Crippen molar-refractivity contribution in [1.29, 1.82) is 0 Å². The number of esters is 1. The minimum absolute atomic E-state index is 0.0586. The van der Waals surface area contributed by atoms with Crippen LogP contribution in [0.25, 0.3) is 11.0 Å². The third kappa shape index (κ3) is 3.69. The Labute approximate surface area is 141 Å². The SMILES string of the molecule is Cc1ccc2c(C)c(CCC(=O)OC3CCCCC3)c(=O)oc2c1. The normalized spacial score (nSPS) is 15.6. The first-order chi connectivity index (χ1) is 11.5. The summed E-state index contributed by atoms with van der Waals surface area (Å²) in [5.74, 6) is -0.218. The van der Waals surface area contributed by atoms with Crippen molar-refractivity contribution in [1.82, 2.24) is 0 Å². The molecule has 0 bridgehead atoms. The number of fused-ring (bicyclic) bond motifs is 1. The Balaban J connectivity index is 1.71. The van der Waals surface area contributed by atoms with Crippen LogP contribution in [-0.2, 0) is 16.0 Å². The lowest BCUT2D eigenvalue weighted by atomic mass is 9.97. The fourth-order valence-electron chi connectivity index (χ4n) is 3.45. The van der Waals surface area contributed by atoms with Gasteiger partial charge in [0, 0.05) is 17.4 Å². The van der Waals surface area contributed by atoms with Crippen LogP contribution in [0.1, 0.15) is 55.2 Å². The van der Waals surface area contributed by atoms with Crippen LogP contribution in [0.15, 0.2) is 27.4 Å². The van der Waals surface area contributed by atoms with Crippen LogP contribution in [0.3, 0.4) is 0 Å². The summed E-state index contributed by atoms with van der Waals surface area (Å²) in [6.45, 7) is 3.88. The molecule has 24 heavy (non-hydrogen) atoms. The molecule has 4 heteroatoms. The Morgan fingerprint density at radius 1 is 1.21 bits per heavy atom. The van der Waals surface area contributed by atoms with Crippen LogP contribution in [0.4, 0.5) is 0 Å². The third-order valence-corrected chi connectivity index (χ3v) is 4.87. The van der Waals surface area contributed by atoms with Crippen LogP contribution < -0.4 is 5.63 Å². The van der Waals surface area contributed by atoms with Gasteiger partial charge in [-0.2, -0.15) is 0 Å². The highest BCUT2D eigenvalue weighted by atomic mass is 16.5. The lowest BCUT2D eigenvalue weighted by Gasteiger charge is -2.21. The molecule has 1 saturated carbocycles. The average Bonchev–Trinajstić information content (AvgIpc) is 2.55. The summed E-state index contributed by atoms with van der Waals surface area (Å²) in [5, 5.41) is 0.927. The summed E-state index contributed by atoms with van der Waals surface area (Å²) >= 11 is 0. The first-order valence-electron chi connectivity index (χ1n) is 8.77. The molecular formula is C20H24O4. The maximum Gasteiger partial charge on any atom is 0.339 e. The van der Waals surface area contributed by atoms with E-state index in [-0.39, 0.29) is 24.1 Å². The van der Waals surface area contributed by atoms with Crippen molar-refractivity contribution in [3.8, 4) is 0 Å². The van der Waals surface area contributed by atoms with E-state index in [1.807, 2.05) is 32.0 Å². The van der Waals surface area contributed by atoms with Crippen molar-refractivity contribution in [2.24, 2.45) is 0 Å². The van der Waals surface area contributed by atoms with Crippen molar-refractivity contribution in [2.45, 2.75) is 64.9 Å². The van der Waals surface area contributed by atoms with Gasteiger partial charge in [0.1, 0.15) is 11.7 Å². The van der Waals surface area contributed by atoms with Gasteiger partial charge in [0.15, 0.2) is 0 Å². The highest BCUT2D eigenvalue weighted by Gasteiger charge is 2.19. The van der Waals surface area contributed by atoms with Gasteiger partial charge in [-0.15, -0.1) is 0 Å². The van der Waals surface area contributed by atoms with Crippen molar-refractivity contribution >= 4 is 16.9 Å². The second-order valence-electron chi connectivity index (χ2n) is 6.74. The molecule has 1 aliphatic carbocycles. The van der Waals surface area contributed by atoms with Gasteiger partial charge in [0.05, 0.1) is 0 Å². The number of carbonyl (C=O) groups excluding carboxylic acids is 1. The first-order valence-corrected chi connectivity index (χ1v) is 8.77. The zero-order valence-electron chi connectivity index (χ0n) is 14.4. The molecule has 1 heterocycles. The zero-order chi connectivity index (χ0) is 17.1. The van der Waals surface area contributed by atoms with E-state index in [2.05, 4.69) is 0 Å². The molecule has 1 aromatic carbocycles. The maximum atomic E-state index is 12.2. The Bertz CT molecular complexity index is 797. The van der Waals surface area contributed by atoms with Crippen LogP contribution in [0.2, 0.25) is 0 Å². The quantitative estimate of drug-likeness (QED) is 0.623. The van der Waals surface area contributed by atoms with Crippen molar-refractivity contribution in [3.63, 3.8) is 0 Å². The number of hydrogen-bond acceptors (Lipinski definition) is 4. The van der Waals surface area contributed by atoms with E-state index in [0.29, 0.717) is 17.6 Å². The van der Waals surface area contributed by atoms with Gasteiger partial charge in [0.2, 0.25) is 0 Å². The van der Waals surface area contributed by atoms with Gasteiger partial charge >= 0.3 is 11.6 Å². The topological polar surface area (TPSA) is 56.5 Å². The molecular weight excluding hydrogens is 304 g/mol. The molecule has 0 saturated heterocycles. The molecule has 0 aliphatic heterocycles. The number of hydrogen-bond donors (Lipinski definition) is 0. The molecule has 0 spiro atoms. The smallest absolute Gasteiger partial charge is 0.339 e. The molecule has 0 atom stereocenters.